The summed E-state index contributed by atoms with van der Waals surface area (Å²) in [7, 11) is 0. The van der Waals surface area contributed by atoms with Gasteiger partial charge >= 0.3 is 6.09 Å². The third-order valence-corrected chi connectivity index (χ3v) is 9.19. The average molecular weight is 750 g/mol. The maximum absolute atomic E-state index is 14.4. The van der Waals surface area contributed by atoms with Gasteiger partial charge < -0.3 is 31.1 Å². The minimum Gasteiger partial charge on any atom is -0.445 e. The molecule has 0 fully saturated rings. The summed E-state index contributed by atoms with van der Waals surface area (Å²) in [6.45, 7) is 9.65. The van der Waals surface area contributed by atoms with Crippen LogP contribution in [0, 0.1) is 11.3 Å². The number of hydrogen-bond donors (Lipinski definition) is 6. The number of ether oxygens (including phenoxy) is 1. The van der Waals surface area contributed by atoms with Crippen molar-refractivity contribution in [1.29, 1.82) is 0 Å². The fourth-order valence-electron chi connectivity index (χ4n) is 6.04. The molecule has 4 amide bonds. The lowest BCUT2D eigenvalue weighted by molar-refractivity contribution is -0.135. The second-order valence-electron chi connectivity index (χ2n) is 15.1. The van der Waals surface area contributed by atoms with E-state index in [0.717, 1.165) is 22.3 Å². The summed E-state index contributed by atoms with van der Waals surface area (Å²) in [5.41, 5.74) is 2.67. The van der Waals surface area contributed by atoms with E-state index >= 15 is 0 Å². The van der Waals surface area contributed by atoms with Crippen LogP contribution in [0.15, 0.2) is 121 Å². The van der Waals surface area contributed by atoms with Crippen molar-refractivity contribution in [3.63, 3.8) is 0 Å². The van der Waals surface area contributed by atoms with Gasteiger partial charge in [-0.3, -0.25) is 19.7 Å². The van der Waals surface area contributed by atoms with Gasteiger partial charge in [0.15, 0.2) is 0 Å². The molecule has 0 bridgehead atoms. The van der Waals surface area contributed by atoms with E-state index in [4.69, 9.17) is 4.74 Å². The van der Waals surface area contributed by atoms with Gasteiger partial charge in [-0.05, 0) is 40.0 Å². The van der Waals surface area contributed by atoms with Crippen molar-refractivity contribution in [3.8, 4) is 0 Å². The molecule has 1 unspecified atom stereocenters. The first kappa shape index (κ1) is 42.2. The van der Waals surface area contributed by atoms with Crippen molar-refractivity contribution >= 4 is 23.8 Å². The quantitative estimate of drug-likeness (QED) is 0.0833. The highest BCUT2D eigenvalue weighted by molar-refractivity contribution is 5.91. The molecule has 11 heteroatoms. The molecule has 5 atom stereocenters. The average Bonchev–Trinajstić information content (AvgIpc) is 3.18. The van der Waals surface area contributed by atoms with Gasteiger partial charge in [-0.1, -0.05) is 156 Å². The molecule has 0 saturated heterocycles. The molecule has 0 aliphatic carbocycles. The Morgan fingerprint density at radius 2 is 1.07 bits per heavy atom. The maximum Gasteiger partial charge on any atom is 0.408 e. The number of nitrogens with one attached hydrogen (secondary N) is 5. The van der Waals surface area contributed by atoms with Crippen molar-refractivity contribution < 1.29 is 29.0 Å². The van der Waals surface area contributed by atoms with Crippen LogP contribution in [0.1, 0.15) is 56.9 Å². The molecule has 0 radical (unpaired) electrons. The van der Waals surface area contributed by atoms with Crippen LogP contribution in [-0.4, -0.2) is 59.2 Å². The number of amides is 4. The van der Waals surface area contributed by atoms with Crippen molar-refractivity contribution in [1.82, 2.24) is 26.6 Å². The second-order valence-corrected chi connectivity index (χ2v) is 15.1. The summed E-state index contributed by atoms with van der Waals surface area (Å²) in [6.07, 6.45) is -2.09. The Morgan fingerprint density at radius 3 is 1.58 bits per heavy atom. The summed E-state index contributed by atoms with van der Waals surface area (Å²) in [5, 5.41) is 26.9. The molecule has 0 aliphatic heterocycles. The lowest BCUT2D eigenvalue weighted by atomic mass is 9.85. The first-order valence-electron chi connectivity index (χ1n) is 18.7. The highest BCUT2D eigenvalue weighted by Gasteiger charge is 2.39. The minimum absolute atomic E-state index is 0.0260. The molecule has 6 N–H and O–H groups in total. The number of alkyl carbamates (subject to hydrolysis) is 1. The zero-order chi connectivity index (χ0) is 39.8. The predicted molar refractivity (Wildman–Crippen MR) is 213 cm³/mol. The van der Waals surface area contributed by atoms with Crippen LogP contribution >= 0.6 is 0 Å². The number of carbonyl (C=O) groups excluding carboxylic acids is 4. The van der Waals surface area contributed by atoms with E-state index in [1.807, 2.05) is 142 Å². The lowest BCUT2D eigenvalue weighted by Gasteiger charge is -2.35. The SMILES string of the molecule is CC(C)[C@H](NC(=O)OCc1ccccc1)C(=O)N[C@@H](Cc1ccccc1)[C@@H](O)[C@@H](NCc1ccccc1)C(=O)NC(C(=O)NCc1ccccc1)C(C)(C)C. The third kappa shape index (κ3) is 13.7. The highest BCUT2D eigenvalue weighted by Crippen LogP contribution is 2.21. The zero-order valence-electron chi connectivity index (χ0n) is 32.3. The monoisotopic (exact) mass is 749 g/mol. The number of rotatable bonds is 18. The second kappa shape index (κ2) is 20.8. The molecule has 55 heavy (non-hydrogen) atoms. The first-order chi connectivity index (χ1) is 26.3. The van der Waals surface area contributed by atoms with Gasteiger partial charge in [0, 0.05) is 13.1 Å². The summed E-state index contributed by atoms with van der Waals surface area (Å²) in [4.78, 5) is 54.9. The number of aliphatic hydroxyl groups is 1. The van der Waals surface area contributed by atoms with Crippen molar-refractivity contribution in [3.05, 3.63) is 144 Å². The molecule has 4 aromatic rings. The Balaban J connectivity index is 1.59. The van der Waals surface area contributed by atoms with Crippen LogP contribution in [0.2, 0.25) is 0 Å². The molecule has 0 aromatic heterocycles. The Kier molecular flexibility index (Phi) is 16.0. The topological polar surface area (TPSA) is 158 Å². The van der Waals surface area contributed by atoms with E-state index in [0.29, 0.717) is 0 Å². The fraction of sp³-hybridized carbons (Fsp3) is 0.364. The van der Waals surface area contributed by atoms with Gasteiger partial charge in [0.25, 0.3) is 0 Å². The molecule has 11 nitrogen and oxygen atoms in total. The predicted octanol–water partition coefficient (Wildman–Crippen LogP) is 5.03. The summed E-state index contributed by atoms with van der Waals surface area (Å²) in [5.74, 6) is -1.90. The van der Waals surface area contributed by atoms with Crippen LogP contribution in [0.3, 0.4) is 0 Å². The van der Waals surface area contributed by atoms with Crippen LogP contribution in [0.25, 0.3) is 0 Å². The molecular weight excluding hydrogens is 695 g/mol. The van der Waals surface area contributed by atoms with E-state index in [1.54, 1.807) is 13.8 Å². The van der Waals surface area contributed by atoms with Gasteiger partial charge in [-0.2, -0.15) is 0 Å². The summed E-state index contributed by atoms with van der Waals surface area (Å²) < 4.78 is 5.40. The largest absolute Gasteiger partial charge is 0.445 e. The van der Waals surface area contributed by atoms with Crippen molar-refractivity contribution in [2.45, 2.75) is 91.0 Å². The van der Waals surface area contributed by atoms with Crippen LogP contribution in [-0.2, 0) is 45.2 Å². The lowest BCUT2D eigenvalue weighted by Crippen LogP contribution is -2.64. The standard InChI is InChI=1S/C44H55N5O6/c1-30(2)36(48-43(54)55-29-34-24-16-9-17-25-34)40(51)47-35(26-31-18-10-6-11-19-31)38(50)37(45-27-32-20-12-7-13-21-32)41(52)49-39(44(3,4)5)42(53)46-28-33-22-14-8-15-23-33/h6-25,30,35-39,45,50H,26-29H2,1-5H3,(H,46,53)(H,47,51)(H,48,54)(H,49,52)/t35-,36-,37+,38+,39?/m0/s1. The number of carbonyl (C=O) groups is 4. The van der Waals surface area contributed by atoms with Crippen LogP contribution in [0.5, 0.6) is 0 Å². The van der Waals surface area contributed by atoms with Crippen molar-refractivity contribution in [2.75, 3.05) is 0 Å². The number of hydrogen-bond acceptors (Lipinski definition) is 7. The van der Waals surface area contributed by atoms with Gasteiger partial charge in [0.1, 0.15) is 24.7 Å². The van der Waals surface area contributed by atoms with E-state index in [-0.39, 0.29) is 37.9 Å². The number of aliphatic hydroxyl groups excluding tert-OH is 1. The number of benzene rings is 4. The molecule has 4 rings (SSSR count). The van der Waals surface area contributed by atoms with E-state index in [1.165, 1.54) is 0 Å². The Bertz CT molecular complexity index is 1790. The normalized spacial score (nSPS) is 14.1. The minimum atomic E-state index is -1.49. The third-order valence-electron chi connectivity index (χ3n) is 9.19. The Labute approximate surface area is 324 Å². The Morgan fingerprint density at radius 1 is 0.600 bits per heavy atom. The van der Waals surface area contributed by atoms with Crippen molar-refractivity contribution in [2.24, 2.45) is 11.3 Å². The van der Waals surface area contributed by atoms with Gasteiger partial charge in [0.05, 0.1) is 12.1 Å². The molecule has 0 saturated carbocycles. The van der Waals surface area contributed by atoms with E-state index in [2.05, 4.69) is 26.6 Å². The van der Waals surface area contributed by atoms with Gasteiger partial charge in [-0.25, -0.2) is 4.79 Å². The zero-order valence-corrected chi connectivity index (χ0v) is 32.3. The molecule has 0 aliphatic rings. The molecule has 0 spiro atoms. The maximum atomic E-state index is 14.4. The van der Waals surface area contributed by atoms with Crippen LogP contribution < -0.4 is 26.6 Å². The molecular formula is C44H55N5O6. The smallest absolute Gasteiger partial charge is 0.408 e. The Hall–Kier alpha value is -5.52. The van der Waals surface area contributed by atoms with E-state index in [9.17, 15) is 24.3 Å². The highest BCUT2D eigenvalue weighted by atomic mass is 16.5. The summed E-state index contributed by atoms with van der Waals surface area (Å²) >= 11 is 0. The molecule has 4 aromatic carbocycles. The van der Waals surface area contributed by atoms with Gasteiger partial charge in [-0.15, -0.1) is 0 Å². The molecule has 292 valence electrons. The van der Waals surface area contributed by atoms with Crippen LogP contribution in [0.4, 0.5) is 4.79 Å². The van der Waals surface area contributed by atoms with Gasteiger partial charge in [0.2, 0.25) is 17.7 Å². The van der Waals surface area contributed by atoms with E-state index < -0.39 is 53.6 Å². The summed E-state index contributed by atoms with van der Waals surface area (Å²) in [6, 6.07) is 33.1. The first-order valence-corrected chi connectivity index (χ1v) is 18.7. The fourth-order valence-corrected chi connectivity index (χ4v) is 6.04. The molecule has 0 heterocycles.